The quantitative estimate of drug-likeness (QED) is 0.605. The fourth-order valence-electron chi connectivity index (χ4n) is 2.48. The summed E-state index contributed by atoms with van der Waals surface area (Å²) in [7, 11) is 0. The Morgan fingerprint density at radius 3 is 2.68 bits per heavy atom. The molecule has 3 nitrogen and oxygen atoms in total. The highest BCUT2D eigenvalue weighted by molar-refractivity contribution is 9.11. The molecule has 0 aliphatic rings. The smallest absolute Gasteiger partial charge is 0.266 e. The Morgan fingerprint density at radius 2 is 1.91 bits per heavy atom. The molecule has 0 amide bonds. The van der Waals surface area contributed by atoms with Gasteiger partial charge in [0.25, 0.3) is 5.56 Å². The van der Waals surface area contributed by atoms with Crippen LogP contribution in [-0.2, 0) is 6.42 Å². The van der Waals surface area contributed by atoms with E-state index in [1.807, 2.05) is 42.5 Å². The second-order valence-corrected chi connectivity index (χ2v) is 6.80. The first-order chi connectivity index (χ1) is 10.6. The van der Waals surface area contributed by atoms with Gasteiger partial charge in [-0.3, -0.25) is 9.36 Å². The van der Waals surface area contributed by atoms with E-state index >= 15 is 0 Å². The van der Waals surface area contributed by atoms with Crippen molar-refractivity contribution in [2.45, 2.75) is 19.8 Å². The lowest BCUT2D eigenvalue weighted by Gasteiger charge is -2.15. The molecule has 0 saturated heterocycles. The van der Waals surface area contributed by atoms with Crippen molar-refractivity contribution in [3.63, 3.8) is 0 Å². The average molecular weight is 422 g/mol. The van der Waals surface area contributed by atoms with E-state index in [4.69, 9.17) is 4.98 Å². The minimum absolute atomic E-state index is 0.0344. The monoisotopic (exact) mass is 420 g/mol. The van der Waals surface area contributed by atoms with E-state index in [0.29, 0.717) is 5.39 Å². The minimum Gasteiger partial charge on any atom is -0.268 e. The first-order valence-corrected chi connectivity index (χ1v) is 8.66. The molecular formula is C17H14Br2N2O. The summed E-state index contributed by atoms with van der Waals surface area (Å²) in [4.78, 5) is 17.7. The lowest BCUT2D eigenvalue weighted by Crippen LogP contribution is -2.24. The summed E-state index contributed by atoms with van der Waals surface area (Å²) in [6, 6.07) is 13.3. The van der Waals surface area contributed by atoms with Crippen molar-refractivity contribution in [3.05, 3.63) is 67.6 Å². The topological polar surface area (TPSA) is 34.9 Å². The molecule has 0 unspecified atom stereocenters. The van der Waals surface area contributed by atoms with Crippen LogP contribution in [0.3, 0.4) is 0 Å². The summed E-state index contributed by atoms with van der Waals surface area (Å²) in [5, 5.41) is 0.634. The summed E-state index contributed by atoms with van der Waals surface area (Å²) >= 11 is 7.02. The molecule has 0 saturated carbocycles. The van der Waals surface area contributed by atoms with Gasteiger partial charge in [-0.1, -0.05) is 35.0 Å². The maximum absolute atomic E-state index is 13.0. The molecule has 5 heteroatoms. The molecule has 0 N–H and O–H groups in total. The average Bonchev–Trinajstić information content (AvgIpc) is 2.51. The van der Waals surface area contributed by atoms with Gasteiger partial charge in [-0.25, -0.2) is 4.98 Å². The number of hydrogen-bond acceptors (Lipinski definition) is 2. The van der Waals surface area contributed by atoms with E-state index in [-0.39, 0.29) is 5.56 Å². The first-order valence-electron chi connectivity index (χ1n) is 7.08. The van der Waals surface area contributed by atoms with Crippen molar-refractivity contribution in [3.8, 4) is 5.69 Å². The molecule has 0 bridgehead atoms. The fourth-order valence-corrected chi connectivity index (χ4v) is 3.25. The molecule has 0 aliphatic carbocycles. The van der Waals surface area contributed by atoms with Gasteiger partial charge >= 0.3 is 0 Å². The third kappa shape index (κ3) is 2.75. The summed E-state index contributed by atoms with van der Waals surface area (Å²) in [5.41, 5.74) is 1.52. The zero-order valence-corrected chi connectivity index (χ0v) is 15.2. The third-order valence-electron chi connectivity index (χ3n) is 3.47. The van der Waals surface area contributed by atoms with Crippen LogP contribution in [0.2, 0.25) is 0 Å². The van der Waals surface area contributed by atoms with Gasteiger partial charge < -0.3 is 0 Å². The Kier molecular flexibility index (Phi) is 4.45. The number of aromatic nitrogens is 2. The Bertz CT molecular complexity index is 903. The maximum Gasteiger partial charge on any atom is 0.266 e. The summed E-state index contributed by atoms with van der Waals surface area (Å²) in [5.74, 6) is 0.782. The van der Waals surface area contributed by atoms with Gasteiger partial charge in [0.05, 0.1) is 16.6 Å². The number of fused-ring (bicyclic) bond motifs is 1. The Balaban J connectivity index is 2.40. The Hall–Kier alpha value is -1.46. The number of hydrogen-bond donors (Lipinski definition) is 0. The molecule has 0 spiro atoms. The molecule has 1 heterocycles. The molecule has 22 heavy (non-hydrogen) atoms. The standard InChI is InChI=1S/C17H14Br2N2O/c1-2-5-16-20-14-7-4-3-6-12(14)17(22)21(16)15-10-11(18)8-9-13(15)19/h3-4,6-10H,2,5H2,1H3. The van der Waals surface area contributed by atoms with Crippen LogP contribution in [0.15, 0.2) is 56.2 Å². The fraction of sp³-hybridized carbons (Fsp3) is 0.176. The van der Waals surface area contributed by atoms with Crippen molar-refractivity contribution in [1.82, 2.24) is 9.55 Å². The number of aryl methyl sites for hydroxylation is 1. The van der Waals surface area contributed by atoms with Crippen LogP contribution in [0.25, 0.3) is 16.6 Å². The number of halogens is 2. The normalized spacial score (nSPS) is 11.0. The highest BCUT2D eigenvalue weighted by Gasteiger charge is 2.14. The van der Waals surface area contributed by atoms with Gasteiger partial charge in [0.1, 0.15) is 5.82 Å². The van der Waals surface area contributed by atoms with Gasteiger partial charge in [-0.05, 0) is 52.7 Å². The number of rotatable bonds is 3. The molecule has 0 aliphatic heterocycles. The van der Waals surface area contributed by atoms with Crippen molar-refractivity contribution < 1.29 is 0 Å². The van der Waals surface area contributed by atoms with Gasteiger partial charge in [-0.15, -0.1) is 0 Å². The highest BCUT2D eigenvalue weighted by Crippen LogP contribution is 2.25. The van der Waals surface area contributed by atoms with Crippen molar-refractivity contribution in [2.24, 2.45) is 0 Å². The van der Waals surface area contributed by atoms with E-state index in [2.05, 4.69) is 38.8 Å². The van der Waals surface area contributed by atoms with E-state index < -0.39 is 0 Å². The van der Waals surface area contributed by atoms with Crippen LogP contribution in [0, 0.1) is 0 Å². The summed E-state index contributed by atoms with van der Waals surface area (Å²) < 4.78 is 3.50. The maximum atomic E-state index is 13.0. The lowest BCUT2D eigenvalue weighted by molar-refractivity contribution is 0.773. The zero-order chi connectivity index (χ0) is 15.7. The summed E-state index contributed by atoms with van der Waals surface area (Å²) in [6.45, 7) is 2.08. The highest BCUT2D eigenvalue weighted by atomic mass is 79.9. The van der Waals surface area contributed by atoms with Crippen LogP contribution < -0.4 is 5.56 Å². The minimum atomic E-state index is -0.0344. The van der Waals surface area contributed by atoms with Crippen molar-refractivity contribution in [1.29, 1.82) is 0 Å². The second kappa shape index (κ2) is 6.34. The van der Waals surface area contributed by atoms with Gasteiger partial charge in [0, 0.05) is 15.4 Å². The number of para-hydroxylation sites is 1. The second-order valence-electron chi connectivity index (χ2n) is 5.03. The predicted molar refractivity (Wildman–Crippen MR) is 96.7 cm³/mol. The molecule has 0 fully saturated rings. The van der Waals surface area contributed by atoms with Crippen LogP contribution >= 0.6 is 31.9 Å². The molecule has 112 valence electrons. The first kappa shape index (κ1) is 15.4. The SMILES string of the molecule is CCCc1nc2ccccc2c(=O)n1-c1cc(Br)ccc1Br. The van der Waals surface area contributed by atoms with Crippen LogP contribution in [0.1, 0.15) is 19.2 Å². The molecule has 0 atom stereocenters. The van der Waals surface area contributed by atoms with Gasteiger partial charge in [-0.2, -0.15) is 0 Å². The van der Waals surface area contributed by atoms with Crippen LogP contribution in [0.4, 0.5) is 0 Å². The number of nitrogens with zero attached hydrogens (tertiary/aromatic N) is 2. The number of benzene rings is 2. The lowest BCUT2D eigenvalue weighted by atomic mass is 10.2. The molecule has 2 aromatic carbocycles. The Morgan fingerprint density at radius 1 is 1.14 bits per heavy atom. The molecule has 1 aromatic heterocycles. The van der Waals surface area contributed by atoms with E-state index in [9.17, 15) is 4.79 Å². The van der Waals surface area contributed by atoms with Crippen LogP contribution in [0.5, 0.6) is 0 Å². The molecule has 3 rings (SSSR count). The summed E-state index contributed by atoms with van der Waals surface area (Å²) in [6.07, 6.45) is 1.68. The third-order valence-corrected chi connectivity index (χ3v) is 4.63. The Labute approximate surface area is 145 Å². The van der Waals surface area contributed by atoms with E-state index in [1.165, 1.54) is 0 Å². The van der Waals surface area contributed by atoms with Crippen molar-refractivity contribution in [2.75, 3.05) is 0 Å². The molecule has 0 radical (unpaired) electrons. The van der Waals surface area contributed by atoms with E-state index in [0.717, 1.165) is 38.8 Å². The van der Waals surface area contributed by atoms with E-state index in [1.54, 1.807) is 4.57 Å². The van der Waals surface area contributed by atoms with Crippen molar-refractivity contribution >= 4 is 42.8 Å². The van der Waals surface area contributed by atoms with Crippen LogP contribution in [-0.4, -0.2) is 9.55 Å². The van der Waals surface area contributed by atoms with Gasteiger partial charge in [0.2, 0.25) is 0 Å². The zero-order valence-electron chi connectivity index (χ0n) is 12.0. The molecule has 3 aromatic rings. The molecular weight excluding hydrogens is 408 g/mol. The predicted octanol–water partition coefficient (Wildman–Crippen LogP) is 4.86. The largest absolute Gasteiger partial charge is 0.268 e. The van der Waals surface area contributed by atoms with Gasteiger partial charge in [0.15, 0.2) is 0 Å².